The third-order valence-corrected chi connectivity index (χ3v) is 3.50. The molecule has 136 valence electrons. The molecule has 1 aromatic rings. The molecule has 1 aromatic carbocycles. The Morgan fingerprint density at radius 2 is 2.00 bits per heavy atom. The topological polar surface area (TPSA) is 66.0 Å². The van der Waals surface area contributed by atoms with Crippen molar-refractivity contribution in [2.24, 2.45) is 4.99 Å². The first kappa shape index (κ1) is 22.5. The number of guanidine groups is 1. The number of carbonyl (C=O) groups is 1. The number of nitrogens with zero attached hydrogens (tertiary/aromatic N) is 2. The number of hydrogen-bond acceptors (Lipinski definition) is 3. The first-order chi connectivity index (χ1) is 11.0. The van der Waals surface area contributed by atoms with Crippen molar-refractivity contribution in [3.63, 3.8) is 0 Å². The summed E-state index contributed by atoms with van der Waals surface area (Å²) in [6.45, 7) is 4.86. The van der Waals surface area contributed by atoms with Crippen LogP contribution < -0.4 is 15.4 Å². The van der Waals surface area contributed by atoms with Crippen molar-refractivity contribution in [2.75, 3.05) is 27.7 Å². The molecule has 0 heterocycles. The van der Waals surface area contributed by atoms with Gasteiger partial charge in [0.2, 0.25) is 5.91 Å². The van der Waals surface area contributed by atoms with Crippen LogP contribution in [0.4, 0.5) is 0 Å². The molecule has 0 aliphatic carbocycles. The molecule has 24 heavy (non-hydrogen) atoms. The Kier molecular flexibility index (Phi) is 11.2. The van der Waals surface area contributed by atoms with Gasteiger partial charge in [-0.2, -0.15) is 0 Å². The van der Waals surface area contributed by atoms with E-state index >= 15 is 0 Å². The molecule has 0 fully saturated rings. The monoisotopic (exact) mass is 448 g/mol. The molecule has 0 aliphatic rings. The van der Waals surface area contributed by atoms with Crippen LogP contribution in [0.25, 0.3) is 0 Å². The first-order valence-electron chi connectivity index (χ1n) is 7.84. The fraction of sp³-hybridized carbons (Fsp3) is 0.529. The largest absolute Gasteiger partial charge is 0.496 e. The lowest BCUT2D eigenvalue weighted by Crippen LogP contribution is -2.45. The minimum absolute atomic E-state index is 0. The Balaban J connectivity index is 0.00000529. The first-order valence-corrected chi connectivity index (χ1v) is 7.84. The molecule has 7 heteroatoms. The van der Waals surface area contributed by atoms with E-state index in [0.29, 0.717) is 12.5 Å². The number of ether oxygens (including phenoxy) is 1. The summed E-state index contributed by atoms with van der Waals surface area (Å²) in [7, 11) is 5.12. The van der Waals surface area contributed by atoms with Crippen LogP contribution in [0.5, 0.6) is 5.75 Å². The molecule has 0 aromatic heterocycles. The van der Waals surface area contributed by atoms with Gasteiger partial charge < -0.3 is 20.3 Å². The van der Waals surface area contributed by atoms with Gasteiger partial charge in [0.25, 0.3) is 0 Å². The molecule has 1 unspecified atom stereocenters. The minimum Gasteiger partial charge on any atom is -0.496 e. The Morgan fingerprint density at radius 1 is 1.33 bits per heavy atom. The molecule has 0 saturated carbocycles. The summed E-state index contributed by atoms with van der Waals surface area (Å²) < 4.78 is 5.34. The third-order valence-electron chi connectivity index (χ3n) is 3.50. The van der Waals surface area contributed by atoms with Gasteiger partial charge in [-0.15, -0.1) is 24.0 Å². The maximum absolute atomic E-state index is 11.7. The number of methoxy groups -OCH3 is 1. The van der Waals surface area contributed by atoms with Crippen LogP contribution in [0.1, 0.15) is 25.8 Å². The summed E-state index contributed by atoms with van der Waals surface area (Å²) in [5, 5.41) is 6.38. The lowest BCUT2D eigenvalue weighted by atomic mass is 10.2. The highest BCUT2D eigenvalue weighted by atomic mass is 127. The zero-order chi connectivity index (χ0) is 17.2. The maximum atomic E-state index is 11.7. The van der Waals surface area contributed by atoms with Crippen molar-refractivity contribution < 1.29 is 9.53 Å². The highest BCUT2D eigenvalue weighted by molar-refractivity contribution is 14.0. The van der Waals surface area contributed by atoms with E-state index in [-0.39, 0.29) is 42.5 Å². The number of carbonyl (C=O) groups excluding carboxylic acids is 1. The molecule has 2 N–H and O–H groups in total. The number of aliphatic imine (C=N–C) groups is 1. The smallest absolute Gasteiger partial charge is 0.241 e. The van der Waals surface area contributed by atoms with Crippen molar-refractivity contribution in [3.05, 3.63) is 29.8 Å². The molecule has 0 bridgehead atoms. The van der Waals surface area contributed by atoms with Crippen LogP contribution >= 0.6 is 24.0 Å². The highest BCUT2D eigenvalue weighted by Gasteiger charge is 2.08. The Labute approximate surface area is 162 Å². The fourth-order valence-corrected chi connectivity index (χ4v) is 1.80. The molecular weight excluding hydrogens is 419 g/mol. The van der Waals surface area contributed by atoms with E-state index in [2.05, 4.69) is 29.5 Å². The van der Waals surface area contributed by atoms with Gasteiger partial charge in [-0.3, -0.25) is 4.79 Å². The number of likely N-dealkylation sites (N-methyl/N-ethyl adjacent to an activating group) is 1. The van der Waals surface area contributed by atoms with E-state index in [1.54, 1.807) is 26.1 Å². The quantitative estimate of drug-likeness (QED) is 0.382. The molecular formula is C17H29IN4O2. The molecule has 1 amide bonds. The van der Waals surface area contributed by atoms with Gasteiger partial charge in [0.05, 0.1) is 20.2 Å². The summed E-state index contributed by atoms with van der Waals surface area (Å²) in [6.07, 6.45) is 0.969. The zero-order valence-corrected chi connectivity index (χ0v) is 17.5. The molecule has 0 aliphatic heterocycles. The van der Waals surface area contributed by atoms with Gasteiger partial charge >= 0.3 is 0 Å². The summed E-state index contributed by atoms with van der Waals surface area (Å²) in [5.41, 5.74) is 0.999. The average molecular weight is 448 g/mol. The van der Waals surface area contributed by atoms with Crippen LogP contribution in [0, 0.1) is 0 Å². The van der Waals surface area contributed by atoms with Crippen LogP contribution in [0.3, 0.4) is 0 Å². The molecule has 1 rings (SSSR count). The van der Waals surface area contributed by atoms with Crippen molar-refractivity contribution in [1.82, 2.24) is 15.5 Å². The van der Waals surface area contributed by atoms with E-state index in [4.69, 9.17) is 4.74 Å². The van der Waals surface area contributed by atoms with Gasteiger partial charge in [-0.1, -0.05) is 25.1 Å². The molecule has 0 radical (unpaired) electrons. The van der Waals surface area contributed by atoms with Crippen LogP contribution in [0.15, 0.2) is 29.3 Å². The predicted molar refractivity (Wildman–Crippen MR) is 109 cm³/mol. The van der Waals surface area contributed by atoms with Gasteiger partial charge in [-0.05, 0) is 19.4 Å². The number of hydrogen-bond donors (Lipinski definition) is 2. The third kappa shape index (κ3) is 7.85. The van der Waals surface area contributed by atoms with E-state index in [0.717, 1.165) is 17.7 Å². The number of para-hydroxylation sites is 1. The SMILES string of the molecule is CCC(C)NC(=NCc1ccccc1OC)NCC(=O)N(C)C.I. The molecule has 0 saturated heterocycles. The normalized spacial score (nSPS) is 12.0. The van der Waals surface area contributed by atoms with Gasteiger partial charge in [0, 0.05) is 25.7 Å². The number of rotatable bonds is 7. The highest BCUT2D eigenvalue weighted by Crippen LogP contribution is 2.17. The van der Waals surface area contributed by atoms with Crippen molar-refractivity contribution in [2.45, 2.75) is 32.9 Å². The van der Waals surface area contributed by atoms with Gasteiger partial charge in [-0.25, -0.2) is 4.99 Å². The van der Waals surface area contributed by atoms with E-state index in [9.17, 15) is 4.79 Å². The van der Waals surface area contributed by atoms with E-state index in [1.807, 2.05) is 24.3 Å². The van der Waals surface area contributed by atoms with Crippen molar-refractivity contribution >= 4 is 35.8 Å². The maximum Gasteiger partial charge on any atom is 0.241 e. The number of halogens is 1. The van der Waals surface area contributed by atoms with Crippen LogP contribution in [0.2, 0.25) is 0 Å². The number of amides is 1. The Morgan fingerprint density at radius 3 is 2.58 bits per heavy atom. The summed E-state index contributed by atoms with van der Waals surface area (Å²) in [4.78, 5) is 17.9. The fourth-order valence-electron chi connectivity index (χ4n) is 1.80. The van der Waals surface area contributed by atoms with E-state index < -0.39 is 0 Å². The molecule has 0 spiro atoms. The zero-order valence-electron chi connectivity index (χ0n) is 15.1. The Bertz CT molecular complexity index is 535. The number of nitrogens with one attached hydrogen (secondary N) is 2. The van der Waals surface area contributed by atoms with Crippen LogP contribution in [-0.2, 0) is 11.3 Å². The second kappa shape index (κ2) is 11.9. The second-order valence-corrected chi connectivity index (χ2v) is 5.57. The molecule has 1 atom stereocenters. The molecule has 6 nitrogen and oxygen atoms in total. The lowest BCUT2D eigenvalue weighted by molar-refractivity contribution is -0.127. The summed E-state index contributed by atoms with van der Waals surface area (Å²) in [6, 6.07) is 8.05. The van der Waals surface area contributed by atoms with E-state index in [1.165, 1.54) is 0 Å². The standard InChI is InChI=1S/C17H28N4O2.HI/c1-6-13(2)20-17(19-12-16(22)21(3)4)18-11-14-9-7-8-10-15(14)23-5;/h7-10,13H,6,11-12H2,1-5H3,(H2,18,19,20);1H. The Hall–Kier alpha value is -1.51. The van der Waals surface area contributed by atoms with Crippen LogP contribution in [-0.4, -0.2) is 50.6 Å². The summed E-state index contributed by atoms with van der Waals surface area (Å²) >= 11 is 0. The second-order valence-electron chi connectivity index (χ2n) is 5.57. The minimum atomic E-state index is 0. The average Bonchev–Trinajstić information content (AvgIpc) is 2.56. The van der Waals surface area contributed by atoms with Crippen molar-refractivity contribution in [3.8, 4) is 5.75 Å². The lowest BCUT2D eigenvalue weighted by Gasteiger charge is -2.18. The predicted octanol–water partition coefficient (Wildman–Crippen LogP) is 2.24. The van der Waals surface area contributed by atoms with Crippen molar-refractivity contribution in [1.29, 1.82) is 0 Å². The number of benzene rings is 1. The van der Waals surface area contributed by atoms with Gasteiger partial charge in [0.15, 0.2) is 5.96 Å². The van der Waals surface area contributed by atoms with Gasteiger partial charge in [0.1, 0.15) is 5.75 Å². The summed E-state index contributed by atoms with van der Waals surface area (Å²) in [5.74, 6) is 1.44.